The van der Waals surface area contributed by atoms with Crippen molar-refractivity contribution in [3.63, 3.8) is 0 Å². The highest BCUT2D eigenvalue weighted by Crippen LogP contribution is 2.39. The van der Waals surface area contributed by atoms with Crippen molar-refractivity contribution in [3.8, 4) is 6.01 Å². The van der Waals surface area contributed by atoms with Gasteiger partial charge >= 0.3 is 6.01 Å². The Labute approximate surface area is 91.4 Å². The molecule has 3 rings (SSSR count). The van der Waals surface area contributed by atoms with Crippen LogP contribution in [0, 0.1) is 0 Å². The van der Waals surface area contributed by atoms with Crippen molar-refractivity contribution in [1.29, 1.82) is 0 Å². The molecule has 3 heterocycles. The molecule has 0 saturated carbocycles. The van der Waals surface area contributed by atoms with Crippen molar-refractivity contribution in [2.24, 2.45) is 0 Å². The molecular weight excluding hydrogens is 212 g/mol. The van der Waals surface area contributed by atoms with E-state index in [0.29, 0.717) is 0 Å². The van der Waals surface area contributed by atoms with Crippen molar-refractivity contribution in [1.82, 2.24) is 9.55 Å². The van der Waals surface area contributed by atoms with Gasteiger partial charge in [-0.3, -0.25) is 9.36 Å². The summed E-state index contributed by atoms with van der Waals surface area (Å²) in [5.41, 5.74) is -0.354. The molecule has 16 heavy (non-hydrogen) atoms. The first kappa shape index (κ1) is 9.80. The normalized spacial score (nSPS) is 35.6. The Balaban J connectivity index is 1.99. The van der Waals surface area contributed by atoms with Gasteiger partial charge in [0.15, 0.2) is 12.3 Å². The molecule has 1 N–H and O–H groups in total. The van der Waals surface area contributed by atoms with Crippen LogP contribution in [0.1, 0.15) is 19.6 Å². The van der Waals surface area contributed by atoms with Gasteiger partial charge in [-0.2, -0.15) is 4.98 Å². The van der Waals surface area contributed by atoms with Crippen molar-refractivity contribution < 1.29 is 14.6 Å². The molecule has 6 heteroatoms. The number of aromatic nitrogens is 2. The van der Waals surface area contributed by atoms with E-state index in [1.807, 2.05) is 6.92 Å². The summed E-state index contributed by atoms with van der Waals surface area (Å²) in [6, 6.07) is 1.57. The van der Waals surface area contributed by atoms with Gasteiger partial charge in [0.1, 0.15) is 6.10 Å². The lowest BCUT2D eigenvalue weighted by atomic mass is 10.1. The average molecular weight is 224 g/mol. The zero-order valence-electron chi connectivity index (χ0n) is 8.74. The summed E-state index contributed by atoms with van der Waals surface area (Å²) in [6.07, 6.45) is 0.581. The first-order chi connectivity index (χ1) is 7.70. The van der Waals surface area contributed by atoms with Crippen LogP contribution in [0.3, 0.4) is 0 Å². The fourth-order valence-electron chi connectivity index (χ4n) is 2.21. The first-order valence-corrected chi connectivity index (χ1v) is 5.30. The summed E-state index contributed by atoms with van der Waals surface area (Å²) in [7, 11) is 0. The van der Waals surface area contributed by atoms with Gasteiger partial charge in [0.25, 0.3) is 5.56 Å². The second-order valence-corrected chi connectivity index (χ2v) is 4.00. The van der Waals surface area contributed by atoms with E-state index in [1.165, 1.54) is 6.07 Å². The lowest BCUT2D eigenvalue weighted by molar-refractivity contribution is -0.0184. The third kappa shape index (κ3) is 1.20. The summed E-state index contributed by atoms with van der Waals surface area (Å²) in [6.45, 7) is 1.94. The predicted octanol–water partition coefficient (Wildman–Crippen LogP) is -0.327. The zero-order chi connectivity index (χ0) is 11.3. The number of aliphatic hydroxyl groups is 1. The molecule has 0 amide bonds. The van der Waals surface area contributed by atoms with E-state index >= 15 is 0 Å². The maximum absolute atomic E-state index is 11.0. The molecule has 3 unspecified atom stereocenters. The van der Waals surface area contributed by atoms with Crippen LogP contribution in [0.4, 0.5) is 0 Å². The summed E-state index contributed by atoms with van der Waals surface area (Å²) >= 11 is 0. The molecule has 0 aromatic carbocycles. The molecule has 1 aromatic heterocycles. The first-order valence-electron chi connectivity index (χ1n) is 5.30. The molecule has 0 aliphatic carbocycles. The predicted molar refractivity (Wildman–Crippen MR) is 53.1 cm³/mol. The number of ether oxygens (including phenoxy) is 2. The maximum Gasteiger partial charge on any atom is 0.302 e. The molecular formula is C10H12N2O4. The SMILES string of the molecule is CCC1OC2[C@@H](Oc3nc(=O)ccn32)C1O. The van der Waals surface area contributed by atoms with Crippen LogP contribution in [0.15, 0.2) is 17.1 Å². The van der Waals surface area contributed by atoms with E-state index in [2.05, 4.69) is 4.98 Å². The number of rotatable bonds is 1. The van der Waals surface area contributed by atoms with Crippen molar-refractivity contribution in [2.45, 2.75) is 37.9 Å². The van der Waals surface area contributed by atoms with E-state index in [-0.39, 0.29) is 23.9 Å². The summed E-state index contributed by atoms with van der Waals surface area (Å²) in [5, 5.41) is 9.93. The summed E-state index contributed by atoms with van der Waals surface area (Å²) in [5.74, 6) is 0. The van der Waals surface area contributed by atoms with E-state index in [4.69, 9.17) is 9.47 Å². The highest BCUT2D eigenvalue weighted by Gasteiger charge is 2.50. The van der Waals surface area contributed by atoms with E-state index in [1.54, 1.807) is 10.8 Å². The van der Waals surface area contributed by atoms with Crippen LogP contribution in [0.2, 0.25) is 0 Å². The van der Waals surface area contributed by atoms with Crippen LogP contribution in [-0.4, -0.2) is 33.0 Å². The lowest BCUT2D eigenvalue weighted by Gasteiger charge is -2.14. The van der Waals surface area contributed by atoms with Gasteiger partial charge in [-0.15, -0.1) is 0 Å². The monoisotopic (exact) mass is 224 g/mol. The van der Waals surface area contributed by atoms with Gasteiger partial charge in [0.2, 0.25) is 0 Å². The number of aliphatic hydroxyl groups excluding tert-OH is 1. The number of hydrogen-bond donors (Lipinski definition) is 1. The fraction of sp³-hybridized carbons (Fsp3) is 0.600. The summed E-state index contributed by atoms with van der Waals surface area (Å²) < 4.78 is 12.7. The Morgan fingerprint density at radius 3 is 3.19 bits per heavy atom. The second kappa shape index (κ2) is 3.29. The summed E-state index contributed by atoms with van der Waals surface area (Å²) in [4.78, 5) is 14.8. The Morgan fingerprint density at radius 2 is 2.44 bits per heavy atom. The molecule has 0 radical (unpaired) electrons. The number of nitrogens with zero attached hydrogens (tertiary/aromatic N) is 2. The molecule has 1 saturated heterocycles. The largest absolute Gasteiger partial charge is 0.453 e. The van der Waals surface area contributed by atoms with Gasteiger partial charge < -0.3 is 14.6 Å². The smallest absolute Gasteiger partial charge is 0.302 e. The Hall–Kier alpha value is -1.40. The number of fused-ring (bicyclic) bond motifs is 3. The van der Waals surface area contributed by atoms with E-state index < -0.39 is 12.2 Å². The zero-order valence-corrected chi connectivity index (χ0v) is 8.74. The van der Waals surface area contributed by atoms with Crippen LogP contribution in [0.25, 0.3) is 0 Å². The molecule has 2 aliphatic rings. The van der Waals surface area contributed by atoms with Crippen LogP contribution in [0.5, 0.6) is 6.01 Å². The molecule has 4 atom stereocenters. The van der Waals surface area contributed by atoms with Crippen molar-refractivity contribution >= 4 is 0 Å². The van der Waals surface area contributed by atoms with Crippen molar-refractivity contribution in [3.05, 3.63) is 22.6 Å². The molecule has 6 nitrogen and oxygen atoms in total. The van der Waals surface area contributed by atoms with Gasteiger partial charge in [0, 0.05) is 12.3 Å². The van der Waals surface area contributed by atoms with Gasteiger partial charge in [-0.05, 0) is 6.42 Å². The molecule has 0 bridgehead atoms. The average Bonchev–Trinajstić information content (AvgIpc) is 2.75. The number of hydrogen-bond acceptors (Lipinski definition) is 5. The van der Waals surface area contributed by atoms with E-state index in [0.717, 1.165) is 6.42 Å². The van der Waals surface area contributed by atoms with Gasteiger partial charge in [-0.1, -0.05) is 6.92 Å². The molecule has 1 aromatic rings. The highest BCUT2D eigenvalue weighted by molar-refractivity contribution is 5.10. The van der Waals surface area contributed by atoms with E-state index in [9.17, 15) is 9.90 Å². The third-order valence-electron chi connectivity index (χ3n) is 3.04. The Kier molecular flexibility index (Phi) is 2.02. The van der Waals surface area contributed by atoms with Crippen LogP contribution < -0.4 is 10.3 Å². The lowest BCUT2D eigenvalue weighted by Crippen LogP contribution is -2.32. The minimum absolute atomic E-state index is 0.219. The molecule has 86 valence electrons. The second-order valence-electron chi connectivity index (χ2n) is 4.00. The minimum Gasteiger partial charge on any atom is -0.453 e. The fourth-order valence-corrected chi connectivity index (χ4v) is 2.21. The molecule has 2 aliphatic heterocycles. The third-order valence-corrected chi connectivity index (χ3v) is 3.04. The van der Waals surface area contributed by atoms with Crippen molar-refractivity contribution in [2.75, 3.05) is 0 Å². The van der Waals surface area contributed by atoms with Gasteiger partial charge in [-0.25, -0.2) is 0 Å². The van der Waals surface area contributed by atoms with Crippen LogP contribution >= 0.6 is 0 Å². The molecule has 0 spiro atoms. The minimum atomic E-state index is -0.674. The highest BCUT2D eigenvalue weighted by atomic mass is 16.6. The molecule has 1 fully saturated rings. The van der Waals surface area contributed by atoms with Gasteiger partial charge in [0.05, 0.1) is 6.10 Å². The maximum atomic E-state index is 11.0. The van der Waals surface area contributed by atoms with Crippen LogP contribution in [-0.2, 0) is 4.74 Å². The topological polar surface area (TPSA) is 73.6 Å². The quantitative estimate of drug-likeness (QED) is 0.707. The Morgan fingerprint density at radius 1 is 1.62 bits per heavy atom. The Bertz CT molecular complexity index is 472. The standard InChI is InChI=1S/C10H12N2O4/c1-2-5-7(14)8-9(15-5)12-4-3-6(13)11-10(12)16-8/h3-5,7-9,14H,2H2,1H3/t5?,7?,8-,9?/m0/s1.